The highest BCUT2D eigenvalue weighted by Crippen LogP contribution is 2.23. The Kier molecular flexibility index (Phi) is 10.4. The second kappa shape index (κ2) is 13.5. The van der Waals surface area contributed by atoms with E-state index in [2.05, 4.69) is 34.5 Å². The average molecular weight is 501 g/mol. The number of benzene rings is 2. The van der Waals surface area contributed by atoms with E-state index >= 15 is 0 Å². The summed E-state index contributed by atoms with van der Waals surface area (Å²) < 4.78 is 4.89. The summed E-state index contributed by atoms with van der Waals surface area (Å²) >= 11 is 1.61. The van der Waals surface area contributed by atoms with E-state index in [1.807, 2.05) is 29.4 Å². The zero-order valence-electron chi connectivity index (χ0n) is 20.6. The number of nitrogens with zero attached hydrogens (tertiary/aromatic N) is 2. The molecule has 190 valence electrons. The average Bonchev–Trinajstić information content (AvgIpc) is 3.33. The Morgan fingerprint density at radius 1 is 1.23 bits per heavy atom. The second-order valence-electron chi connectivity index (χ2n) is 8.82. The van der Waals surface area contributed by atoms with Crippen LogP contribution in [0, 0.1) is 0 Å². The van der Waals surface area contributed by atoms with Crippen LogP contribution in [-0.4, -0.2) is 85.0 Å². The van der Waals surface area contributed by atoms with Crippen molar-refractivity contribution in [2.24, 2.45) is 5.73 Å². The fourth-order valence-corrected chi connectivity index (χ4v) is 5.17. The zero-order chi connectivity index (χ0) is 25.2. The van der Waals surface area contributed by atoms with Crippen LogP contribution in [0.25, 0.3) is 10.8 Å². The summed E-state index contributed by atoms with van der Waals surface area (Å²) in [6, 6.07) is 13.7. The van der Waals surface area contributed by atoms with Crippen molar-refractivity contribution in [1.82, 2.24) is 15.1 Å². The lowest BCUT2D eigenvalue weighted by molar-refractivity contribution is -0.145. The predicted octanol–water partition coefficient (Wildman–Crippen LogP) is 2.00. The number of methoxy groups -OCH3 is 1. The second-order valence-corrected chi connectivity index (χ2v) is 9.81. The topological polar surface area (TPSA) is 105 Å². The van der Waals surface area contributed by atoms with Crippen molar-refractivity contribution in [3.05, 3.63) is 48.0 Å². The molecule has 1 heterocycles. The third-order valence-corrected chi connectivity index (χ3v) is 7.06. The van der Waals surface area contributed by atoms with Gasteiger partial charge in [0.2, 0.25) is 11.8 Å². The third-order valence-electron chi connectivity index (χ3n) is 6.41. The first-order valence-electron chi connectivity index (χ1n) is 12.0. The summed E-state index contributed by atoms with van der Waals surface area (Å²) in [6.45, 7) is 1.88. The number of carbonyl (C=O) groups is 3. The third kappa shape index (κ3) is 7.43. The highest BCUT2D eigenvalue weighted by Gasteiger charge is 2.30. The van der Waals surface area contributed by atoms with Crippen molar-refractivity contribution in [2.45, 2.75) is 37.9 Å². The molecule has 3 rings (SSSR count). The Balaban J connectivity index is 1.79. The highest BCUT2D eigenvalue weighted by atomic mass is 32.2. The lowest BCUT2D eigenvalue weighted by atomic mass is 10.0. The van der Waals surface area contributed by atoms with Crippen molar-refractivity contribution in [3.8, 4) is 0 Å². The maximum atomic E-state index is 13.1. The van der Waals surface area contributed by atoms with Gasteiger partial charge in [0.1, 0.15) is 6.04 Å². The summed E-state index contributed by atoms with van der Waals surface area (Å²) in [6.07, 6.45) is 4.25. The van der Waals surface area contributed by atoms with Gasteiger partial charge in [-0.3, -0.25) is 14.5 Å². The fourth-order valence-electron chi connectivity index (χ4n) is 4.70. The van der Waals surface area contributed by atoms with Gasteiger partial charge in [-0.2, -0.15) is 11.8 Å². The molecule has 35 heavy (non-hydrogen) atoms. The summed E-state index contributed by atoms with van der Waals surface area (Å²) in [4.78, 5) is 41.5. The molecule has 0 bridgehead atoms. The molecule has 1 aliphatic rings. The smallest absolute Gasteiger partial charge is 0.328 e. The molecule has 2 amide bonds. The maximum Gasteiger partial charge on any atom is 0.328 e. The standard InChI is InChI=1S/C26H36N4O4S/c1-34-26(33)23(12-14-35-2)28-24(31)18-29(17-21-10-6-13-30(21)25(32)15-27)16-20-9-5-8-19-7-3-4-11-22(19)20/h3-5,7-9,11,21,23H,6,10,12-18,27H2,1-2H3,(H,28,31)/t21?,23-/m0/s1. The van der Waals surface area contributed by atoms with Crippen LogP contribution in [0.2, 0.25) is 0 Å². The van der Waals surface area contributed by atoms with E-state index in [9.17, 15) is 14.4 Å². The van der Waals surface area contributed by atoms with Gasteiger partial charge in [-0.25, -0.2) is 4.79 Å². The Labute approximate surface area is 211 Å². The van der Waals surface area contributed by atoms with E-state index in [0.29, 0.717) is 26.1 Å². The van der Waals surface area contributed by atoms with Crippen LogP contribution >= 0.6 is 11.8 Å². The molecule has 9 heteroatoms. The van der Waals surface area contributed by atoms with E-state index in [4.69, 9.17) is 10.5 Å². The first kappa shape index (κ1) is 27.0. The molecular formula is C26H36N4O4S. The lowest BCUT2D eigenvalue weighted by Gasteiger charge is -2.31. The quantitative estimate of drug-likeness (QED) is 0.430. The van der Waals surface area contributed by atoms with Gasteiger partial charge in [0, 0.05) is 25.7 Å². The molecule has 1 fully saturated rings. The number of amides is 2. The molecule has 0 saturated carbocycles. The number of thioether (sulfide) groups is 1. The number of rotatable bonds is 12. The van der Waals surface area contributed by atoms with Gasteiger partial charge in [-0.15, -0.1) is 0 Å². The molecule has 1 unspecified atom stereocenters. The molecule has 3 N–H and O–H groups in total. The molecule has 1 saturated heterocycles. The largest absolute Gasteiger partial charge is 0.467 e. The van der Waals surface area contributed by atoms with Gasteiger partial charge in [0.15, 0.2) is 0 Å². The molecule has 0 aliphatic carbocycles. The number of fused-ring (bicyclic) bond motifs is 1. The normalized spacial score (nSPS) is 16.5. The Hall–Kier alpha value is -2.62. The Morgan fingerprint density at radius 2 is 2.00 bits per heavy atom. The number of carbonyl (C=O) groups excluding carboxylic acids is 3. The summed E-state index contributed by atoms with van der Waals surface area (Å²) in [5.41, 5.74) is 6.74. The Bertz CT molecular complexity index is 1010. The molecule has 0 radical (unpaired) electrons. The zero-order valence-corrected chi connectivity index (χ0v) is 21.4. The number of ether oxygens (including phenoxy) is 1. The number of nitrogens with one attached hydrogen (secondary N) is 1. The molecule has 2 atom stereocenters. The number of esters is 1. The fraction of sp³-hybridized carbons (Fsp3) is 0.500. The van der Waals surface area contributed by atoms with Crippen molar-refractivity contribution in [2.75, 3.05) is 45.3 Å². The Morgan fingerprint density at radius 3 is 2.74 bits per heavy atom. The predicted molar refractivity (Wildman–Crippen MR) is 140 cm³/mol. The van der Waals surface area contributed by atoms with Crippen LogP contribution in [0.5, 0.6) is 0 Å². The molecule has 0 spiro atoms. The van der Waals surface area contributed by atoms with Crippen LogP contribution in [-0.2, 0) is 25.7 Å². The summed E-state index contributed by atoms with van der Waals surface area (Å²) in [5, 5.41) is 5.13. The number of nitrogens with two attached hydrogens (primary N) is 1. The maximum absolute atomic E-state index is 13.1. The minimum absolute atomic E-state index is 0.00159. The molecule has 2 aromatic rings. The van der Waals surface area contributed by atoms with Crippen molar-refractivity contribution in [3.63, 3.8) is 0 Å². The van der Waals surface area contributed by atoms with Crippen LogP contribution in [0.15, 0.2) is 42.5 Å². The van der Waals surface area contributed by atoms with E-state index in [1.165, 1.54) is 7.11 Å². The van der Waals surface area contributed by atoms with Crippen molar-refractivity contribution < 1.29 is 19.1 Å². The number of hydrogen-bond acceptors (Lipinski definition) is 7. The van der Waals surface area contributed by atoms with Gasteiger partial charge < -0.3 is 20.7 Å². The first-order valence-corrected chi connectivity index (χ1v) is 13.4. The first-order chi connectivity index (χ1) is 17.0. The highest BCUT2D eigenvalue weighted by molar-refractivity contribution is 7.98. The van der Waals surface area contributed by atoms with Crippen LogP contribution < -0.4 is 11.1 Å². The summed E-state index contributed by atoms with van der Waals surface area (Å²) in [5.74, 6) is -0.0114. The van der Waals surface area contributed by atoms with Crippen LogP contribution in [0.4, 0.5) is 0 Å². The monoisotopic (exact) mass is 500 g/mol. The minimum Gasteiger partial charge on any atom is -0.467 e. The van der Waals surface area contributed by atoms with Gasteiger partial charge in [0.25, 0.3) is 0 Å². The van der Waals surface area contributed by atoms with E-state index in [0.717, 1.165) is 34.9 Å². The number of likely N-dealkylation sites (tertiary alicyclic amines) is 1. The SMILES string of the molecule is COC(=O)[C@H](CCSC)NC(=O)CN(Cc1cccc2ccccc12)CC1CCCN1C(=O)CN. The van der Waals surface area contributed by atoms with Crippen LogP contribution in [0.1, 0.15) is 24.8 Å². The van der Waals surface area contributed by atoms with Gasteiger partial charge in [-0.05, 0) is 47.6 Å². The molecule has 8 nitrogen and oxygen atoms in total. The van der Waals surface area contributed by atoms with Crippen molar-refractivity contribution >= 4 is 40.3 Å². The molecule has 0 aromatic heterocycles. The number of hydrogen-bond donors (Lipinski definition) is 2. The van der Waals surface area contributed by atoms with Gasteiger partial charge in [0.05, 0.1) is 20.2 Å². The summed E-state index contributed by atoms with van der Waals surface area (Å²) in [7, 11) is 1.33. The molecule has 1 aliphatic heterocycles. The van der Waals surface area contributed by atoms with Gasteiger partial charge in [-0.1, -0.05) is 42.5 Å². The van der Waals surface area contributed by atoms with E-state index < -0.39 is 12.0 Å². The van der Waals surface area contributed by atoms with Crippen LogP contribution in [0.3, 0.4) is 0 Å². The lowest BCUT2D eigenvalue weighted by Crippen LogP contribution is -2.49. The minimum atomic E-state index is -0.679. The molecule has 2 aromatic carbocycles. The van der Waals surface area contributed by atoms with Gasteiger partial charge >= 0.3 is 5.97 Å². The van der Waals surface area contributed by atoms with E-state index in [1.54, 1.807) is 11.8 Å². The van der Waals surface area contributed by atoms with Crippen molar-refractivity contribution in [1.29, 1.82) is 0 Å². The molecular weight excluding hydrogens is 464 g/mol. The van der Waals surface area contributed by atoms with E-state index in [-0.39, 0.29) is 30.9 Å².